The minimum atomic E-state index is -0.450. The highest BCUT2D eigenvalue weighted by atomic mass is 16.5. The van der Waals surface area contributed by atoms with E-state index in [0.717, 1.165) is 0 Å². The first-order chi connectivity index (χ1) is 12.5. The number of rotatable bonds is 7. The van der Waals surface area contributed by atoms with Crippen LogP contribution in [-0.2, 0) is 4.79 Å². The number of benzene rings is 1. The van der Waals surface area contributed by atoms with Gasteiger partial charge in [-0.1, -0.05) is 0 Å². The van der Waals surface area contributed by atoms with Crippen LogP contribution < -0.4 is 20.2 Å². The number of carbonyl (C=O) groups excluding carboxylic acids is 2. The molecule has 8 nitrogen and oxygen atoms in total. The van der Waals surface area contributed by atoms with Gasteiger partial charge in [0.1, 0.15) is 11.5 Å². The molecule has 1 aromatic carbocycles. The van der Waals surface area contributed by atoms with Crippen LogP contribution in [0.5, 0.6) is 11.5 Å². The molecule has 0 saturated heterocycles. The molecule has 0 unspecified atom stereocenters. The van der Waals surface area contributed by atoms with Gasteiger partial charge in [0, 0.05) is 24.0 Å². The van der Waals surface area contributed by atoms with Gasteiger partial charge in [0.2, 0.25) is 0 Å². The third-order valence-corrected chi connectivity index (χ3v) is 3.48. The molecular formula is C18H20N4O4. The molecule has 1 aromatic heterocycles. The van der Waals surface area contributed by atoms with Crippen LogP contribution in [0.3, 0.4) is 0 Å². The molecule has 0 aliphatic carbocycles. The fraction of sp³-hybridized carbons (Fsp3) is 0.222. The first-order valence-corrected chi connectivity index (χ1v) is 7.79. The van der Waals surface area contributed by atoms with Gasteiger partial charge in [-0.15, -0.1) is 0 Å². The Kier molecular flexibility index (Phi) is 6.67. The Morgan fingerprint density at radius 2 is 2.00 bits per heavy atom. The monoisotopic (exact) mass is 356 g/mol. The molecular weight excluding hydrogens is 336 g/mol. The summed E-state index contributed by atoms with van der Waals surface area (Å²) in [5, 5.41) is 6.54. The molecule has 0 fully saturated rings. The van der Waals surface area contributed by atoms with Gasteiger partial charge >= 0.3 is 0 Å². The zero-order valence-corrected chi connectivity index (χ0v) is 14.8. The standard InChI is InChI=1S/C18H20N4O4/c1-12(15-7-6-14(25-2)9-16(15)26-3)21-22-17(23)11-20-18(24)13-5-4-8-19-10-13/h4-10H,11H2,1-3H3,(H,20,24)(H,22,23)/b21-12+. The van der Waals surface area contributed by atoms with Crippen LogP contribution in [0.1, 0.15) is 22.8 Å². The average molecular weight is 356 g/mol. The molecule has 2 N–H and O–H groups in total. The molecule has 0 spiro atoms. The normalized spacial score (nSPS) is 10.8. The zero-order valence-electron chi connectivity index (χ0n) is 14.8. The third kappa shape index (κ3) is 5.04. The van der Waals surface area contributed by atoms with Gasteiger partial charge < -0.3 is 14.8 Å². The summed E-state index contributed by atoms with van der Waals surface area (Å²) in [6.07, 6.45) is 2.99. The molecule has 0 aliphatic heterocycles. The van der Waals surface area contributed by atoms with E-state index in [4.69, 9.17) is 9.47 Å². The number of carbonyl (C=O) groups is 2. The number of hydrazone groups is 1. The maximum Gasteiger partial charge on any atom is 0.259 e. The molecule has 2 aromatic rings. The lowest BCUT2D eigenvalue weighted by molar-refractivity contribution is -0.120. The summed E-state index contributed by atoms with van der Waals surface area (Å²) < 4.78 is 10.5. The molecule has 0 saturated carbocycles. The Hall–Kier alpha value is -3.42. The summed E-state index contributed by atoms with van der Waals surface area (Å²) in [6, 6.07) is 8.54. The van der Waals surface area contributed by atoms with Crippen LogP contribution in [0.25, 0.3) is 0 Å². The van der Waals surface area contributed by atoms with Crippen LogP contribution >= 0.6 is 0 Å². The molecule has 26 heavy (non-hydrogen) atoms. The van der Waals surface area contributed by atoms with Crippen molar-refractivity contribution in [2.45, 2.75) is 6.92 Å². The van der Waals surface area contributed by atoms with E-state index in [1.54, 1.807) is 50.6 Å². The van der Waals surface area contributed by atoms with Crippen LogP contribution in [0.4, 0.5) is 0 Å². The maximum atomic E-state index is 11.9. The van der Waals surface area contributed by atoms with Gasteiger partial charge in [0.05, 0.1) is 32.0 Å². The van der Waals surface area contributed by atoms with E-state index >= 15 is 0 Å². The van der Waals surface area contributed by atoms with Crippen molar-refractivity contribution in [1.29, 1.82) is 0 Å². The van der Waals surface area contributed by atoms with E-state index in [2.05, 4.69) is 20.8 Å². The number of ether oxygens (including phenoxy) is 2. The van der Waals surface area contributed by atoms with E-state index in [-0.39, 0.29) is 12.5 Å². The summed E-state index contributed by atoms with van der Waals surface area (Å²) in [5.41, 5.74) is 4.05. The van der Waals surface area contributed by atoms with Crippen LogP contribution in [0.15, 0.2) is 47.8 Å². The number of aromatic nitrogens is 1. The van der Waals surface area contributed by atoms with Gasteiger partial charge in [-0.2, -0.15) is 5.10 Å². The molecule has 2 amide bonds. The Balaban J connectivity index is 1.94. The van der Waals surface area contributed by atoms with Crippen molar-refractivity contribution in [3.63, 3.8) is 0 Å². The van der Waals surface area contributed by atoms with E-state index in [1.165, 1.54) is 13.3 Å². The average Bonchev–Trinajstić information content (AvgIpc) is 2.70. The maximum absolute atomic E-state index is 11.9. The lowest BCUT2D eigenvalue weighted by Gasteiger charge is -2.10. The fourth-order valence-electron chi connectivity index (χ4n) is 2.10. The Morgan fingerprint density at radius 3 is 2.65 bits per heavy atom. The van der Waals surface area contributed by atoms with Crippen molar-refractivity contribution in [3.8, 4) is 11.5 Å². The molecule has 8 heteroatoms. The van der Waals surface area contributed by atoms with Crippen molar-refractivity contribution >= 4 is 17.5 Å². The fourth-order valence-corrected chi connectivity index (χ4v) is 2.10. The smallest absolute Gasteiger partial charge is 0.259 e. The number of hydrogen-bond acceptors (Lipinski definition) is 6. The number of pyridine rings is 1. The second-order valence-corrected chi connectivity index (χ2v) is 5.22. The van der Waals surface area contributed by atoms with Crippen molar-refractivity contribution in [1.82, 2.24) is 15.7 Å². The second kappa shape index (κ2) is 9.16. The van der Waals surface area contributed by atoms with E-state index in [9.17, 15) is 9.59 Å². The predicted octanol–water partition coefficient (Wildman–Crippen LogP) is 1.37. The number of amides is 2. The summed E-state index contributed by atoms with van der Waals surface area (Å²) in [4.78, 5) is 27.6. The van der Waals surface area contributed by atoms with Gasteiger partial charge in [0.15, 0.2) is 0 Å². The summed E-state index contributed by atoms with van der Waals surface area (Å²) in [6.45, 7) is 1.53. The third-order valence-electron chi connectivity index (χ3n) is 3.48. The SMILES string of the molecule is COc1ccc(/C(C)=N/NC(=O)CNC(=O)c2cccnc2)c(OC)c1. The predicted molar refractivity (Wildman–Crippen MR) is 96.5 cm³/mol. The second-order valence-electron chi connectivity index (χ2n) is 5.22. The van der Waals surface area contributed by atoms with Gasteiger partial charge in [-0.25, -0.2) is 5.43 Å². The van der Waals surface area contributed by atoms with Crippen molar-refractivity contribution in [2.75, 3.05) is 20.8 Å². The Morgan fingerprint density at radius 1 is 1.19 bits per heavy atom. The minimum absolute atomic E-state index is 0.204. The minimum Gasteiger partial charge on any atom is -0.497 e. The van der Waals surface area contributed by atoms with Crippen LogP contribution in [0.2, 0.25) is 0 Å². The lowest BCUT2D eigenvalue weighted by atomic mass is 10.1. The Labute approximate surface area is 151 Å². The number of nitrogens with one attached hydrogen (secondary N) is 2. The van der Waals surface area contributed by atoms with E-state index in [0.29, 0.717) is 28.3 Å². The van der Waals surface area contributed by atoms with Crippen LogP contribution in [0, 0.1) is 0 Å². The molecule has 0 aliphatic rings. The van der Waals surface area contributed by atoms with Crippen molar-refractivity contribution < 1.29 is 19.1 Å². The quantitative estimate of drug-likeness (QED) is 0.576. The van der Waals surface area contributed by atoms with Gasteiger partial charge in [-0.3, -0.25) is 14.6 Å². The van der Waals surface area contributed by atoms with E-state index in [1.807, 2.05) is 0 Å². The molecule has 1 heterocycles. The first-order valence-electron chi connectivity index (χ1n) is 7.79. The number of methoxy groups -OCH3 is 2. The summed E-state index contributed by atoms with van der Waals surface area (Å²) in [5.74, 6) is 0.394. The van der Waals surface area contributed by atoms with Crippen molar-refractivity contribution in [2.24, 2.45) is 5.10 Å². The van der Waals surface area contributed by atoms with Gasteiger partial charge in [0.25, 0.3) is 11.8 Å². The lowest BCUT2D eigenvalue weighted by Crippen LogP contribution is -2.35. The molecule has 2 rings (SSSR count). The topological polar surface area (TPSA) is 102 Å². The molecule has 0 bridgehead atoms. The number of nitrogens with zero attached hydrogens (tertiary/aromatic N) is 2. The summed E-state index contributed by atoms with van der Waals surface area (Å²) >= 11 is 0. The summed E-state index contributed by atoms with van der Waals surface area (Å²) in [7, 11) is 3.10. The molecule has 0 atom stereocenters. The highest BCUT2D eigenvalue weighted by molar-refractivity contribution is 6.02. The van der Waals surface area contributed by atoms with Crippen molar-refractivity contribution in [3.05, 3.63) is 53.9 Å². The van der Waals surface area contributed by atoms with Crippen LogP contribution in [-0.4, -0.2) is 43.3 Å². The van der Waals surface area contributed by atoms with Gasteiger partial charge in [-0.05, 0) is 31.2 Å². The highest BCUT2D eigenvalue weighted by Crippen LogP contribution is 2.24. The zero-order chi connectivity index (χ0) is 18.9. The highest BCUT2D eigenvalue weighted by Gasteiger charge is 2.10. The molecule has 136 valence electrons. The largest absolute Gasteiger partial charge is 0.497 e. The molecule has 0 radical (unpaired) electrons. The van der Waals surface area contributed by atoms with E-state index < -0.39 is 5.91 Å². The number of hydrogen-bond donors (Lipinski definition) is 2. The Bertz CT molecular complexity index is 806. The first kappa shape index (κ1) is 18.9.